The van der Waals surface area contributed by atoms with Crippen molar-refractivity contribution in [3.63, 3.8) is 0 Å². The number of nitrogens with zero attached hydrogens (tertiary/aromatic N) is 3. The summed E-state index contributed by atoms with van der Waals surface area (Å²) < 4.78 is 5.15. The van der Waals surface area contributed by atoms with Gasteiger partial charge in [0.25, 0.3) is 5.91 Å². The van der Waals surface area contributed by atoms with Gasteiger partial charge in [-0.15, -0.1) is 10.2 Å². The average molecular weight is 390 g/mol. The van der Waals surface area contributed by atoms with E-state index in [1.54, 1.807) is 13.2 Å². The highest BCUT2D eigenvalue weighted by atomic mass is 16.5. The van der Waals surface area contributed by atoms with Crippen LogP contribution in [0.3, 0.4) is 0 Å². The number of ether oxygens (including phenoxy) is 1. The molecular weight excluding hydrogens is 364 g/mol. The summed E-state index contributed by atoms with van der Waals surface area (Å²) in [6, 6.07) is 21.6. The highest BCUT2D eigenvalue weighted by Crippen LogP contribution is 2.14. The van der Waals surface area contributed by atoms with Gasteiger partial charge in [0.2, 0.25) is 0 Å². The molecule has 1 N–H and O–H groups in total. The number of carbonyl (C=O) groups is 1. The van der Waals surface area contributed by atoms with Crippen LogP contribution in [0.15, 0.2) is 66.7 Å². The second-order valence-electron chi connectivity index (χ2n) is 6.63. The van der Waals surface area contributed by atoms with E-state index in [1.807, 2.05) is 48.5 Å². The van der Waals surface area contributed by atoms with Gasteiger partial charge in [-0.05, 0) is 48.7 Å². The lowest BCUT2D eigenvalue weighted by atomic mass is 10.1. The maximum Gasteiger partial charge on any atom is 0.271 e. The van der Waals surface area contributed by atoms with Crippen molar-refractivity contribution in [2.45, 2.75) is 19.9 Å². The Morgan fingerprint density at radius 3 is 2.34 bits per heavy atom. The Labute approximate surface area is 171 Å². The highest BCUT2D eigenvalue weighted by Gasteiger charge is 2.11. The minimum absolute atomic E-state index is 0.219. The fourth-order valence-electron chi connectivity index (χ4n) is 2.98. The molecule has 0 aliphatic heterocycles. The van der Waals surface area contributed by atoms with Gasteiger partial charge in [0.15, 0.2) is 11.5 Å². The van der Waals surface area contributed by atoms with Crippen molar-refractivity contribution >= 4 is 11.7 Å². The summed E-state index contributed by atoms with van der Waals surface area (Å²) in [4.78, 5) is 14.4. The lowest BCUT2D eigenvalue weighted by Gasteiger charge is -2.21. The fraction of sp³-hybridized carbons (Fsp3) is 0.261. The molecule has 0 aliphatic carbocycles. The maximum atomic E-state index is 12.3. The van der Waals surface area contributed by atoms with Gasteiger partial charge in [-0.3, -0.25) is 4.79 Å². The van der Waals surface area contributed by atoms with E-state index in [4.69, 9.17) is 4.74 Å². The monoisotopic (exact) mass is 390 g/mol. The van der Waals surface area contributed by atoms with Crippen LogP contribution in [-0.2, 0) is 13.0 Å². The number of methoxy groups -OCH3 is 1. The van der Waals surface area contributed by atoms with Crippen LogP contribution in [0.25, 0.3) is 0 Å². The summed E-state index contributed by atoms with van der Waals surface area (Å²) in [5.74, 6) is 1.36. The van der Waals surface area contributed by atoms with E-state index in [9.17, 15) is 4.79 Å². The smallest absolute Gasteiger partial charge is 0.271 e. The third-order valence-electron chi connectivity index (χ3n) is 4.66. The molecule has 6 heteroatoms. The van der Waals surface area contributed by atoms with Gasteiger partial charge in [-0.25, -0.2) is 0 Å². The van der Waals surface area contributed by atoms with E-state index >= 15 is 0 Å². The summed E-state index contributed by atoms with van der Waals surface area (Å²) in [6.07, 6.45) is 0.738. The van der Waals surface area contributed by atoms with Gasteiger partial charge in [0.05, 0.1) is 7.11 Å². The van der Waals surface area contributed by atoms with Gasteiger partial charge in [0, 0.05) is 19.6 Å². The van der Waals surface area contributed by atoms with E-state index < -0.39 is 0 Å². The Morgan fingerprint density at radius 2 is 1.72 bits per heavy atom. The summed E-state index contributed by atoms with van der Waals surface area (Å²) in [5.41, 5.74) is 2.66. The molecule has 150 valence electrons. The number of aromatic nitrogens is 2. The van der Waals surface area contributed by atoms with Crippen LogP contribution in [0.5, 0.6) is 5.75 Å². The van der Waals surface area contributed by atoms with Gasteiger partial charge < -0.3 is 15.0 Å². The zero-order chi connectivity index (χ0) is 20.5. The Balaban J connectivity index is 1.53. The van der Waals surface area contributed by atoms with E-state index in [2.05, 4.69) is 39.5 Å². The third-order valence-corrected chi connectivity index (χ3v) is 4.66. The Bertz CT molecular complexity index is 896. The van der Waals surface area contributed by atoms with E-state index in [1.165, 1.54) is 5.56 Å². The molecule has 0 aliphatic rings. The molecule has 0 saturated carbocycles. The molecule has 0 atom stereocenters. The predicted octanol–water partition coefficient (Wildman–Crippen LogP) is 3.48. The van der Waals surface area contributed by atoms with Crippen molar-refractivity contribution in [1.29, 1.82) is 0 Å². The topological polar surface area (TPSA) is 67.4 Å². The lowest BCUT2D eigenvalue weighted by Crippen LogP contribution is -2.28. The van der Waals surface area contributed by atoms with Gasteiger partial charge in [-0.1, -0.05) is 42.5 Å². The van der Waals surface area contributed by atoms with Gasteiger partial charge in [0.1, 0.15) is 5.75 Å². The second kappa shape index (κ2) is 10.2. The molecule has 3 rings (SSSR count). The summed E-state index contributed by atoms with van der Waals surface area (Å²) >= 11 is 0. The van der Waals surface area contributed by atoms with Crippen molar-refractivity contribution < 1.29 is 9.53 Å². The predicted molar refractivity (Wildman–Crippen MR) is 114 cm³/mol. The largest absolute Gasteiger partial charge is 0.497 e. The molecule has 1 heterocycles. The number of hydrogen-bond donors (Lipinski definition) is 1. The van der Waals surface area contributed by atoms with Crippen LogP contribution < -0.4 is 15.0 Å². The zero-order valence-electron chi connectivity index (χ0n) is 16.8. The Kier molecular flexibility index (Phi) is 7.16. The van der Waals surface area contributed by atoms with E-state index in [0.29, 0.717) is 12.2 Å². The zero-order valence-corrected chi connectivity index (χ0v) is 16.8. The standard InChI is InChI=1S/C23H26N4O2/c1-3-27(17-19-7-5-4-6-8-19)22-14-13-21(25-26-22)23(28)24-16-15-18-9-11-20(29-2)12-10-18/h4-14H,3,15-17H2,1-2H3,(H,24,28). The molecule has 0 radical (unpaired) electrons. The minimum atomic E-state index is -0.219. The number of carbonyl (C=O) groups excluding carboxylic acids is 1. The summed E-state index contributed by atoms with van der Waals surface area (Å²) in [5, 5.41) is 11.3. The molecule has 0 fully saturated rings. The van der Waals surface area contributed by atoms with Crippen molar-refractivity contribution in [2.24, 2.45) is 0 Å². The lowest BCUT2D eigenvalue weighted by molar-refractivity contribution is 0.0948. The van der Waals surface area contributed by atoms with Crippen molar-refractivity contribution in [3.05, 3.63) is 83.6 Å². The molecule has 0 saturated heterocycles. The molecular formula is C23H26N4O2. The number of benzene rings is 2. The number of rotatable bonds is 9. The third kappa shape index (κ3) is 5.78. The first-order valence-corrected chi connectivity index (χ1v) is 9.73. The van der Waals surface area contributed by atoms with Crippen LogP contribution in [0.1, 0.15) is 28.5 Å². The van der Waals surface area contributed by atoms with E-state index in [0.717, 1.165) is 36.6 Å². The minimum Gasteiger partial charge on any atom is -0.497 e. The molecule has 0 bridgehead atoms. The number of hydrogen-bond acceptors (Lipinski definition) is 5. The van der Waals surface area contributed by atoms with Crippen LogP contribution in [0.2, 0.25) is 0 Å². The van der Waals surface area contributed by atoms with Crippen molar-refractivity contribution in [3.8, 4) is 5.75 Å². The van der Waals surface area contributed by atoms with Crippen LogP contribution >= 0.6 is 0 Å². The molecule has 29 heavy (non-hydrogen) atoms. The van der Waals surface area contributed by atoms with Crippen molar-refractivity contribution in [2.75, 3.05) is 25.1 Å². The molecule has 0 unspecified atom stereocenters. The summed E-state index contributed by atoms with van der Waals surface area (Å²) in [6.45, 7) is 4.16. The summed E-state index contributed by atoms with van der Waals surface area (Å²) in [7, 11) is 1.64. The Morgan fingerprint density at radius 1 is 0.966 bits per heavy atom. The van der Waals surface area contributed by atoms with Gasteiger partial charge in [-0.2, -0.15) is 0 Å². The van der Waals surface area contributed by atoms with Crippen molar-refractivity contribution in [1.82, 2.24) is 15.5 Å². The van der Waals surface area contributed by atoms with Crippen LogP contribution in [0.4, 0.5) is 5.82 Å². The number of nitrogens with one attached hydrogen (secondary N) is 1. The fourth-order valence-corrected chi connectivity index (χ4v) is 2.98. The highest BCUT2D eigenvalue weighted by molar-refractivity contribution is 5.92. The van der Waals surface area contributed by atoms with E-state index in [-0.39, 0.29) is 5.91 Å². The molecule has 3 aromatic rings. The first-order valence-electron chi connectivity index (χ1n) is 9.73. The molecule has 1 aromatic heterocycles. The Hall–Kier alpha value is -3.41. The molecule has 6 nitrogen and oxygen atoms in total. The molecule has 1 amide bonds. The average Bonchev–Trinajstić information content (AvgIpc) is 2.78. The number of amides is 1. The first kappa shape index (κ1) is 20.3. The van der Waals surface area contributed by atoms with Crippen LogP contribution in [-0.4, -0.2) is 36.3 Å². The number of anilines is 1. The molecule has 2 aromatic carbocycles. The SMILES string of the molecule is CCN(Cc1ccccc1)c1ccc(C(=O)NCCc2ccc(OC)cc2)nn1. The quantitative estimate of drug-likeness (QED) is 0.606. The molecule has 0 spiro atoms. The normalized spacial score (nSPS) is 10.4. The maximum absolute atomic E-state index is 12.3. The van der Waals surface area contributed by atoms with Crippen LogP contribution in [0, 0.1) is 0 Å². The first-order chi connectivity index (χ1) is 14.2. The van der Waals surface area contributed by atoms with Gasteiger partial charge >= 0.3 is 0 Å². The second-order valence-corrected chi connectivity index (χ2v) is 6.63.